The lowest BCUT2D eigenvalue weighted by Gasteiger charge is -2.18. The highest BCUT2D eigenvalue weighted by Gasteiger charge is 2.20. The fourth-order valence-corrected chi connectivity index (χ4v) is 2.52. The summed E-state index contributed by atoms with van der Waals surface area (Å²) < 4.78 is 27.1. The first-order valence-corrected chi connectivity index (χ1v) is 8.75. The van der Waals surface area contributed by atoms with Gasteiger partial charge in [0.15, 0.2) is 6.29 Å². The summed E-state index contributed by atoms with van der Waals surface area (Å²) in [4.78, 5) is 12.4. The third-order valence-corrected chi connectivity index (χ3v) is 3.90. The normalized spacial score (nSPS) is 10.7. The molecule has 0 unspecified atom stereocenters. The van der Waals surface area contributed by atoms with Crippen molar-refractivity contribution in [1.29, 1.82) is 0 Å². The molecule has 0 fully saturated rings. The van der Waals surface area contributed by atoms with Gasteiger partial charge < -0.3 is 23.7 Å². The van der Waals surface area contributed by atoms with E-state index in [2.05, 4.69) is 0 Å². The molecule has 0 aliphatic heterocycles. The fourth-order valence-electron chi connectivity index (χ4n) is 2.52. The second kappa shape index (κ2) is 10.5. The highest BCUT2D eigenvalue weighted by molar-refractivity contribution is 5.94. The molecular formula is C21H26O6. The van der Waals surface area contributed by atoms with Gasteiger partial charge in [0, 0.05) is 20.3 Å². The first kappa shape index (κ1) is 20.7. The summed E-state index contributed by atoms with van der Waals surface area (Å²) in [5.41, 5.74) is 2.13. The summed E-state index contributed by atoms with van der Waals surface area (Å²) in [7, 11) is 3.04. The summed E-state index contributed by atoms with van der Waals surface area (Å²) >= 11 is 0. The Hall–Kier alpha value is -2.57. The maximum Gasteiger partial charge on any atom is 0.342 e. The van der Waals surface area contributed by atoms with Crippen LogP contribution in [0.5, 0.6) is 11.5 Å². The van der Waals surface area contributed by atoms with Crippen LogP contribution >= 0.6 is 0 Å². The van der Waals surface area contributed by atoms with Crippen molar-refractivity contribution in [2.45, 2.75) is 26.7 Å². The molecular weight excluding hydrogens is 348 g/mol. The number of methoxy groups -OCH3 is 2. The van der Waals surface area contributed by atoms with Crippen LogP contribution in [0.4, 0.5) is 0 Å². The van der Waals surface area contributed by atoms with E-state index >= 15 is 0 Å². The van der Waals surface area contributed by atoms with E-state index < -0.39 is 12.3 Å². The summed E-state index contributed by atoms with van der Waals surface area (Å²) in [5, 5.41) is 0. The Balaban J connectivity index is 2.24. The van der Waals surface area contributed by atoms with E-state index in [0.717, 1.165) is 5.56 Å². The van der Waals surface area contributed by atoms with Gasteiger partial charge >= 0.3 is 5.97 Å². The quantitative estimate of drug-likeness (QED) is 0.466. The van der Waals surface area contributed by atoms with Crippen LogP contribution in [0, 0.1) is 6.92 Å². The molecule has 0 heterocycles. The predicted molar refractivity (Wildman–Crippen MR) is 101 cm³/mol. The lowest BCUT2D eigenvalue weighted by molar-refractivity contribution is -0.122. The zero-order chi connectivity index (χ0) is 19.6. The van der Waals surface area contributed by atoms with Crippen LogP contribution in [0.25, 0.3) is 0 Å². The molecule has 0 aromatic heterocycles. The number of aryl methyl sites for hydroxylation is 1. The Morgan fingerprint density at radius 1 is 1.04 bits per heavy atom. The molecule has 0 aliphatic rings. The van der Waals surface area contributed by atoms with Crippen molar-refractivity contribution in [3.63, 3.8) is 0 Å². The van der Waals surface area contributed by atoms with Crippen LogP contribution < -0.4 is 9.47 Å². The topological polar surface area (TPSA) is 63.2 Å². The first-order chi connectivity index (χ1) is 13.1. The Kier molecular flexibility index (Phi) is 8.10. The second-order valence-electron chi connectivity index (χ2n) is 5.82. The minimum Gasteiger partial charge on any atom is -0.489 e. The van der Waals surface area contributed by atoms with E-state index in [-0.39, 0.29) is 13.2 Å². The van der Waals surface area contributed by atoms with Gasteiger partial charge in [0.25, 0.3) is 0 Å². The number of benzene rings is 2. The zero-order valence-corrected chi connectivity index (χ0v) is 16.2. The first-order valence-electron chi connectivity index (χ1n) is 8.75. The molecule has 6 heteroatoms. The Morgan fingerprint density at radius 3 is 2.37 bits per heavy atom. The van der Waals surface area contributed by atoms with Crippen LogP contribution in [0.15, 0.2) is 42.5 Å². The maximum absolute atomic E-state index is 12.4. The van der Waals surface area contributed by atoms with Crippen molar-refractivity contribution in [2.24, 2.45) is 0 Å². The lowest BCUT2D eigenvalue weighted by Crippen LogP contribution is -2.23. The molecule has 0 aliphatic carbocycles. The third-order valence-electron chi connectivity index (χ3n) is 3.90. The fraction of sp³-hybridized carbons (Fsp3) is 0.381. The number of carbonyl (C=O) groups is 1. The van der Waals surface area contributed by atoms with Crippen LogP contribution in [0.1, 0.15) is 28.4 Å². The summed E-state index contributed by atoms with van der Waals surface area (Å²) in [5.74, 6) is 0.535. The number of ether oxygens (including phenoxy) is 5. The number of hydrogen-bond donors (Lipinski definition) is 0. The summed E-state index contributed by atoms with van der Waals surface area (Å²) in [6.45, 7) is 4.40. The Bertz CT molecular complexity index is 725. The molecule has 6 nitrogen and oxygen atoms in total. The average molecular weight is 374 g/mol. The summed E-state index contributed by atoms with van der Waals surface area (Å²) in [6, 6.07) is 13.3. The van der Waals surface area contributed by atoms with Gasteiger partial charge in [0.05, 0.1) is 6.61 Å². The standard InChI is InChI=1S/C21H26O6/c1-5-25-21(22)20-15(2)11-17(26-13-16-9-7-6-8-10-16)12-18(20)27-14-19(23-3)24-4/h6-12,19H,5,13-14H2,1-4H3. The van der Waals surface area contributed by atoms with Gasteiger partial charge in [-0.2, -0.15) is 0 Å². The van der Waals surface area contributed by atoms with E-state index in [0.29, 0.717) is 29.2 Å². The Labute approximate surface area is 160 Å². The molecule has 2 aromatic carbocycles. The van der Waals surface area contributed by atoms with Gasteiger partial charge in [-0.05, 0) is 31.0 Å². The van der Waals surface area contributed by atoms with Crippen molar-refractivity contribution in [3.8, 4) is 11.5 Å². The molecule has 27 heavy (non-hydrogen) atoms. The third kappa shape index (κ3) is 5.98. The molecule has 0 N–H and O–H groups in total. The number of rotatable bonds is 10. The zero-order valence-electron chi connectivity index (χ0n) is 16.2. The van der Waals surface area contributed by atoms with Gasteiger partial charge in [0.1, 0.15) is 30.3 Å². The minimum atomic E-state index is -0.547. The number of hydrogen-bond acceptors (Lipinski definition) is 6. The average Bonchev–Trinajstić information content (AvgIpc) is 2.68. The van der Waals surface area contributed by atoms with E-state index in [1.54, 1.807) is 19.1 Å². The van der Waals surface area contributed by atoms with Gasteiger partial charge in [-0.3, -0.25) is 0 Å². The molecule has 0 bridgehead atoms. The van der Waals surface area contributed by atoms with Crippen LogP contribution in [0.3, 0.4) is 0 Å². The van der Waals surface area contributed by atoms with E-state index in [1.807, 2.05) is 37.3 Å². The Morgan fingerprint density at radius 2 is 1.74 bits per heavy atom. The molecule has 0 spiro atoms. The van der Waals surface area contributed by atoms with Gasteiger partial charge in [-0.1, -0.05) is 30.3 Å². The van der Waals surface area contributed by atoms with Crippen molar-refractivity contribution < 1.29 is 28.5 Å². The highest BCUT2D eigenvalue weighted by atomic mass is 16.7. The maximum atomic E-state index is 12.4. The number of carbonyl (C=O) groups excluding carboxylic acids is 1. The molecule has 2 aromatic rings. The molecule has 0 saturated carbocycles. The smallest absolute Gasteiger partial charge is 0.342 e. The minimum absolute atomic E-state index is 0.126. The van der Waals surface area contributed by atoms with Crippen molar-refractivity contribution in [1.82, 2.24) is 0 Å². The van der Waals surface area contributed by atoms with Gasteiger partial charge in [0.2, 0.25) is 0 Å². The van der Waals surface area contributed by atoms with Crippen LogP contribution in [0.2, 0.25) is 0 Å². The van der Waals surface area contributed by atoms with Gasteiger partial charge in [-0.15, -0.1) is 0 Å². The van der Waals surface area contributed by atoms with E-state index in [4.69, 9.17) is 23.7 Å². The van der Waals surface area contributed by atoms with Crippen molar-refractivity contribution in [2.75, 3.05) is 27.4 Å². The molecule has 146 valence electrons. The largest absolute Gasteiger partial charge is 0.489 e. The van der Waals surface area contributed by atoms with Gasteiger partial charge in [-0.25, -0.2) is 4.79 Å². The monoisotopic (exact) mass is 374 g/mol. The van der Waals surface area contributed by atoms with E-state index in [1.165, 1.54) is 14.2 Å². The van der Waals surface area contributed by atoms with Crippen molar-refractivity contribution in [3.05, 3.63) is 59.2 Å². The van der Waals surface area contributed by atoms with Crippen LogP contribution in [-0.4, -0.2) is 39.7 Å². The van der Waals surface area contributed by atoms with E-state index in [9.17, 15) is 4.79 Å². The van der Waals surface area contributed by atoms with Crippen LogP contribution in [-0.2, 0) is 20.8 Å². The predicted octanol–water partition coefficient (Wildman–Crippen LogP) is 3.75. The second-order valence-corrected chi connectivity index (χ2v) is 5.82. The highest BCUT2D eigenvalue weighted by Crippen LogP contribution is 2.30. The van der Waals surface area contributed by atoms with Crippen molar-refractivity contribution >= 4 is 5.97 Å². The SMILES string of the molecule is CCOC(=O)c1c(C)cc(OCc2ccccc2)cc1OCC(OC)OC. The molecule has 0 radical (unpaired) electrons. The molecule has 0 atom stereocenters. The number of esters is 1. The molecule has 2 rings (SSSR count). The summed E-state index contributed by atoms with van der Waals surface area (Å²) in [6.07, 6.45) is -0.547. The molecule has 0 saturated heterocycles. The molecule has 0 amide bonds. The lowest BCUT2D eigenvalue weighted by atomic mass is 10.1.